The Morgan fingerprint density at radius 3 is 2.61 bits per heavy atom. The first-order chi connectivity index (χ1) is 8.58. The van der Waals surface area contributed by atoms with Gasteiger partial charge in [0.05, 0.1) is 5.69 Å². The molecule has 0 aliphatic heterocycles. The summed E-state index contributed by atoms with van der Waals surface area (Å²) >= 11 is 0. The van der Waals surface area contributed by atoms with Crippen LogP contribution in [0.15, 0.2) is 18.2 Å². The van der Waals surface area contributed by atoms with Crippen LogP contribution in [-0.2, 0) is 4.79 Å². The third kappa shape index (κ3) is 2.61. The normalized spacial score (nSPS) is 14.9. The van der Waals surface area contributed by atoms with Crippen molar-refractivity contribution in [2.75, 3.05) is 5.32 Å². The summed E-state index contributed by atoms with van der Waals surface area (Å²) in [7, 11) is 0. The van der Waals surface area contributed by atoms with Crippen LogP contribution in [0.1, 0.15) is 36.0 Å². The van der Waals surface area contributed by atoms with Gasteiger partial charge in [0.25, 0.3) is 0 Å². The van der Waals surface area contributed by atoms with Crippen molar-refractivity contribution in [1.82, 2.24) is 0 Å². The molecule has 96 valence electrons. The van der Waals surface area contributed by atoms with Gasteiger partial charge in [-0.1, -0.05) is 12.5 Å². The van der Waals surface area contributed by atoms with E-state index in [1.807, 2.05) is 0 Å². The Hall–Kier alpha value is -2.04. The Balaban J connectivity index is 2.06. The molecule has 1 aliphatic carbocycles. The number of carboxylic acids is 1. The summed E-state index contributed by atoms with van der Waals surface area (Å²) in [5, 5.41) is 21.1. The van der Waals surface area contributed by atoms with Gasteiger partial charge in [0.1, 0.15) is 5.56 Å². The third-order valence-electron chi connectivity index (χ3n) is 3.24. The second-order valence-electron chi connectivity index (χ2n) is 4.56. The van der Waals surface area contributed by atoms with Gasteiger partial charge in [-0.15, -0.1) is 0 Å². The number of carbonyl (C=O) groups is 2. The highest BCUT2D eigenvalue weighted by molar-refractivity contribution is 5.97. The smallest absolute Gasteiger partial charge is 0.339 e. The summed E-state index contributed by atoms with van der Waals surface area (Å²) in [6, 6.07) is 4.27. The Morgan fingerprint density at radius 2 is 2.06 bits per heavy atom. The van der Waals surface area contributed by atoms with E-state index in [0.29, 0.717) is 12.3 Å². The van der Waals surface area contributed by atoms with E-state index in [4.69, 9.17) is 5.11 Å². The SMILES string of the molecule is O=C(CC1CCC1)Nc1cccc(C(=O)O)c1O. The minimum absolute atomic E-state index is 0.152. The molecule has 0 radical (unpaired) electrons. The van der Waals surface area contributed by atoms with Crippen LogP contribution in [0.5, 0.6) is 5.75 Å². The van der Waals surface area contributed by atoms with Crippen molar-refractivity contribution >= 4 is 17.6 Å². The number of anilines is 1. The van der Waals surface area contributed by atoms with Gasteiger partial charge >= 0.3 is 5.97 Å². The molecule has 1 aromatic rings. The number of hydrogen-bond acceptors (Lipinski definition) is 3. The third-order valence-corrected chi connectivity index (χ3v) is 3.24. The van der Waals surface area contributed by atoms with Crippen LogP contribution < -0.4 is 5.32 Å². The number of aromatic hydroxyl groups is 1. The van der Waals surface area contributed by atoms with Crippen molar-refractivity contribution in [3.8, 4) is 5.75 Å². The molecule has 1 aliphatic rings. The summed E-state index contributed by atoms with van der Waals surface area (Å²) < 4.78 is 0. The van der Waals surface area contributed by atoms with Crippen LogP contribution in [0.4, 0.5) is 5.69 Å². The molecule has 0 aromatic heterocycles. The zero-order valence-electron chi connectivity index (χ0n) is 9.85. The highest BCUT2D eigenvalue weighted by atomic mass is 16.4. The molecular formula is C13H15NO4. The first-order valence-electron chi connectivity index (χ1n) is 5.93. The lowest BCUT2D eigenvalue weighted by atomic mass is 9.83. The van der Waals surface area contributed by atoms with Gasteiger partial charge in [-0.05, 0) is 30.9 Å². The van der Waals surface area contributed by atoms with E-state index < -0.39 is 11.7 Å². The summed E-state index contributed by atoms with van der Waals surface area (Å²) in [6.45, 7) is 0. The van der Waals surface area contributed by atoms with E-state index in [-0.39, 0.29) is 17.2 Å². The molecule has 18 heavy (non-hydrogen) atoms. The zero-order chi connectivity index (χ0) is 13.1. The van der Waals surface area contributed by atoms with Crippen molar-refractivity contribution in [3.05, 3.63) is 23.8 Å². The lowest BCUT2D eigenvalue weighted by molar-refractivity contribution is -0.117. The fraction of sp³-hybridized carbons (Fsp3) is 0.385. The zero-order valence-corrected chi connectivity index (χ0v) is 9.85. The minimum Gasteiger partial charge on any atom is -0.505 e. The average Bonchev–Trinajstić information content (AvgIpc) is 2.26. The molecule has 2 rings (SSSR count). The molecule has 3 N–H and O–H groups in total. The lowest BCUT2D eigenvalue weighted by Gasteiger charge is -2.24. The molecule has 0 bridgehead atoms. The number of carbonyl (C=O) groups excluding carboxylic acids is 1. The minimum atomic E-state index is -1.22. The lowest BCUT2D eigenvalue weighted by Crippen LogP contribution is -2.21. The number of aromatic carboxylic acids is 1. The van der Waals surface area contributed by atoms with Gasteiger partial charge in [-0.25, -0.2) is 4.79 Å². The summed E-state index contributed by atoms with van der Waals surface area (Å²) in [5.74, 6) is -1.37. The number of para-hydroxylation sites is 1. The predicted molar refractivity (Wildman–Crippen MR) is 65.7 cm³/mol. The van der Waals surface area contributed by atoms with Crippen molar-refractivity contribution in [1.29, 1.82) is 0 Å². The maximum Gasteiger partial charge on any atom is 0.339 e. The first kappa shape index (κ1) is 12.4. The van der Waals surface area contributed by atoms with Crippen molar-refractivity contribution in [2.45, 2.75) is 25.7 Å². The fourth-order valence-corrected chi connectivity index (χ4v) is 1.98. The van der Waals surface area contributed by atoms with Crippen LogP contribution in [0.3, 0.4) is 0 Å². The molecule has 0 atom stereocenters. The molecule has 0 spiro atoms. The molecule has 1 saturated carbocycles. The highest BCUT2D eigenvalue weighted by Crippen LogP contribution is 2.31. The van der Waals surface area contributed by atoms with Gasteiger partial charge in [-0.2, -0.15) is 0 Å². The maximum atomic E-state index is 11.7. The summed E-state index contributed by atoms with van der Waals surface area (Å²) in [6.07, 6.45) is 3.72. The number of phenols is 1. The molecule has 0 unspecified atom stereocenters. The second kappa shape index (κ2) is 5.08. The Bertz CT molecular complexity index is 480. The van der Waals surface area contributed by atoms with Gasteiger partial charge < -0.3 is 15.5 Å². The monoisotopic (exact) mass is 249 g/mol. The molecule has 0 heterocycles. The summed E-state index contributed by atoms with van der Waals surface area (Å²) in [5.41, 5.74) is -0.0596. The number of rotatable bonds is 4. The number of amides is 1. The Labute approximate surface area is 104 Å². The summed E-state index contributed by atoms with van der Waals surface area (Å²) in [4.78, 5) is 22.5. The molecule has 1 aromatic carbocycles. The molecule has 0 saturated heterocycles. The highest BCUT2D eigenvalue weighted by Gasteiger charge is 2.21. The van der Waals surface area contributed by atoms with Crippen LogP contribution in [0.25, 0.3) is 0 Å². The fourth-order valence-electron chi connectivity index (χ4n) is 1.98. The van der Waals surface area contributed by atoms with Crippen molar-refractivity contribution < 1.29 is 19.8 Å². The van der Waals surface area contributed by atoms with Crippen molar-refractivity contribution in [3.63, 3.8) is 0 Å². The Kier molecular flexibility index (Phi) is 3.50. The number of nitrogens with one attached hydrogen (secondary N) is 1. The molecule has 1 amide bonds. The van der Waals surface area contributed by atoms with E-state index >= 15 is 0 Å². The van der Waals surface area contributed by atoms with Crippen molar-refractivity contribution in [2.24, 2.45) is 5.92 Å². The van der Waals surface area contributed by atoms with Crippen LogP contribution in [-0.4, -0.2) is 22.1 Å². The van der Waals surface area contributed by atoms with E-state index in [9.17, 15) is 14.7 Å². The molecule has 5 nitrogen and oxygen atoms in total. The number of benzene rings is 1. The van der Waals surface area contributed by atoms with Crippen LogP contribution >= 0.6 is 0 Å². The molecular weight excluding hydrogens is 234 g/mol. The van der Waals surface area contributed by atoms with E-state index in [0.717, 1.165) is 19.3 Å². The number of hydrogen-bond donors (Lipinski definition) is 3. The van der Waals surface area contributed by atoms with Crippen LogP contribution in [0, 0.1) is 5.92 Å². The maximum absolute atomic E-state index is 11.7. The van der Waals surface area contributed by atoms with E-state index in [1.165, 1.54) is 18.2 Å². The largest absolute Gasteiger partial charge is 0.505 e. The van der Waals surface area contributed by atoms with Gasteiger partial charge in [0, 0.05) is 6.42 Å². The van der Waals surface area contributed by atoms with E-state index in [1.54, 1.807) is 0 Å². The van der Waals surface area contributed by atoms with Crippen LogP contribution in [0.2, 0.25) is 0 Å². The topological polar surface area (TPSA) is 86.6 Å². The Morgan fingerprint density at radius 1 is 1.33 bits per heavy atom. The standard InChI is InChI=1S/C13H15NO4/c15-11(7-8-3-1-4-8)14-10-6-2-5-9(12(10)16)13(17)18/h2,5-6,8,16H,1,3-4,7H2,(H,14,15)(H,17,18). The average molecular weight is 249 g/mol. The first-order valence-corrected chi connectivity index (χ1v) is 5.93. The van der Waals surface area contributed by atoms with Gasteiger partial charge in [0.15, 0.2) is 5.75 Å². The van der Waals surface area contributed by atoms with Gasteiger partial charge in [-0.3, -0.25) is 4.79 Å². The van der Waals surface area contributed by atoms with Gasteiger partial charge in [0.2, 0.25) is 5.91 Å². The molecule has 5 heteroatoms. The molecule has 1 fully saturated rings. The van der Waals surface area contributed by atoms with E-state index in [2.05, 4.69) is 5.32 Å². The number of carboxylic acid groups (broad SMARTS) is 1. The predicted octanol–water partition coefficient (Wildman–Crippen LogP) is 2.22. The second-order valence-corrected chi connectivity index (χ2v) is 4.56. The quantitative estimate of drug-likeness (QED) is 0.714.